The second kappa shape index (κ2) is 8.28. The molecule has 0 aliphatic carbocycles. The molecule has 0 radical (unpaired) electrons. The number of hydrogen-bond acceptors (Lipinski definition) is 6. The summed E-state index contributed by atoms with van der Waals surface area (Å²) >= 11 is 0. The molecule has 0 unspecified atom stereocenters. The SMILES string of the molecule is CC(C)NS(=O)(=O)Cc1ccc(CNc2nnnn2-c2ccccc2)cc1. The quantitative estimate of drug-likeness (QED) is 0.615. The molecule has 0 saturated carbocycles. The summed E-state index contributed by atoms with van der Waals surface area (Å²) in [7, 11) is -3.33. The normalized spacial score (nSPS) is 11.7. The highest BCUT2D eigenvalue weighted by Gasteiger charge is 2.13. The van der Waals surface area contributed by atoms with E-state index in [1.807, 2.05) is 54.6 Å². The molecule has 0 fully saturated rings. The van der Waals surface area contributed by atoms with Gasteiger partial charge in [-0.3, -0.25) is 0 Å². The monoisotopic (exact) mass is 386 g/mol. The average molecular weight is 386 g/mol. The Labute approximate surface area is 158 Å². The highest BCUT2D eigenvalue weighted by Crippen LogP contribution is 2.13. The van der Waals surface area contributed by atoms with Crippen molar-refractivity contribution >= 4 is 16.0 Å². The Morgan fingerprint density at radius 3 is 2.33 bits per heavy atom. The Bertz CT molecular complexity index is 969. The molecule has 8 nitrogen and oxygen atoms in total. The fourth-order valence-electron chi connectivity index (χ4n) is 2.60. The molecule has 27 heavy (non-hydrogen) atoms. The molecule has 0 spiro atoms. The van der Waals surface area contributed by atoms with Crippen molar-refractivity contribution in [1.29, 1.82) is 0 Å². The smallest absolute Gasteiger partial charge is 0.248 e. The second-order valence-electron chi connectivity index (χ2n) is 6.45. The first-order valence-electron chi connectivity index (χ1n) is 8.58. The van der Waals surface area contributed by atoms with Gasteiger partial charge >= 0.3 is 0 Å². The molecule has 0 atom stereocenters. The third-order valence-corrected chi connectivity index (χ3v) is 5.26. The van der Waals surface area contributed by atoms with Crippen molar-refractivity contribution in [1.82, 2.24) is 24.9 Å². The summed E-state index contributed by atoms with van der Waals surface area (Å²) < 4.78 is 28.2. The Hall–Kier alpha value is -2.78. The molecule has 9 heteroatoms. The van der Waals surface area contributed by atoms with Gasteiger partial charge in [0.25, 0.3) is 0 Å². The van der Waals surface area contributed by atoms with E-state index >= 15 is 0 Å². The third kappa shape index (κ3) is 5.35. The van der Waals surface area contributed by atoms with Crippen molar-refractivity contribution in [2.75, 3.05) is 5.32 Å². The van der Waals surface area contributed by atoms with Crippen LogP contribution in [0.1, 0.15) is 25.0 Å². The summed E-state index contributed by atoms with van der Waals surface area (Å²) in [6.45, 7) is 4.12. The summed E-state index contributed by atoms with van der Waals surface area (Å²) in [6, 6.07) is 16.9. The summed E-state index contributed by atoms with van der Waals surface area (Å²) in [6.07, 6.45) is 0. The maximum Gasteiger partial charge on any atom is 0.248 e. The van der Waals surface area contributed by atoms with Crippen LogP contribution in [0.2, 0.25) is 0 Å². The van der Waals surface area contributed by atoms with E-state index in [2.05, 4.69) is 25.6 Å². The van der Waals surface area contributed by atoms with Gasteiger partial charge in [-0.25, -0.2) is 13.1 Å². The van der Waals surface area contributed by atoms with Crippen LogP contribution in [0.3, 0.4) is 0 Å². The average Bonchev–Trinajstić information content (AvgIpc) is 3.09. The lowest BCUT2D eigenvalue weighted by Gasteiger charge is -2.10. The topological polar surface area (TPSA) is 102 Å². The molecule has 2 N–H and O–H groups in total. The predicted octanol–water partition coefficient (Wildman–Crippen LogP) is 2.10. The van der Waals surface area contributed by atoms with E-state index in [0.29, 0.717) is 12.5 Å². The van der Waals surface area contributed by atoms with Crippen LogP contribution in [0.4, 0.5) is 5.95 Å². The summed E-state index contributed by atoms with van der Waals surface area (Å²) in [5.74, 6) is 0.500. The molecule has 2 aromatic carbocycles. The third-order valence-electron chi connectivity index (χ3n) is 3.72. The molecule has 0 saturated heterocycles. The fraction of sp³-hybridized carbons (Fsp3) is 0.278. The number of sulfonamides is 1. The zero-order chi connectivity index (χ0) is 19.3. The van der Waals surface area contributed by atoms with Crippen molar-refractivity contribution < 1.29 is 8.42 Å². The van der Waals surface area contributed by atoms with Crippen LogP contribution >= 0.6 is 0 Å². The van der Waals surface area contributed by atoms with E-state index in [0.717, 1.165) is 16.8 Å². The lowest BCUT2D eigenvalue weighted by molar-refractivity contribution is 0.569. The summed E-state index contributed by atoms with van der Waals surface area (Å²) in [4.78, 5) is 0. The van der Waals surface area contributed by atoms with Crippen LogP contribution in [0.15, 0.2) is 54.6 Å². The van der Waals surface area contributed by atoms with Crippen LogP contribution in [-0.4, -0.2) is 34.7 Å². The minimum atomic E-state index is -3.33. The number of anilines is 1. The maximum absolute atomic E-state index is 12.0. The van der Waals surface area contributed by atoms with Crippen molar-refractivity contribution in [2.45, 2.75) is 32.2 Å². The summed E-state index contributed by atoms with van der Waals surface area (Å²) in [5.41, 5.74) is 2.60. The summed E-state index contributed by atoms with van der Waals surface area (Å²) in [5, 5.41) is 14.9. The molecule has 1 aromatic heterocycles. The van der Waals surface area contributed by atoms with E-state index in [9.17, 15) is 8.42 Å². The molecule has 0 aliphatic heterocycles. The first-order valence-corrected chi connectivity index (χ1v) is 10.2. The zero-order valence-corrected chi connectivity index (χ0v) is 16.0. The first kappa shape index (κ1) is 19.0. The number of nitrogens with zero attached hydrogens (tertiary/aromatic N) is 4. The van der Waals surface area contributed by atoms with E-state index in [4.69, 9.17) is 0 Å². The zero-order valence-electron chi connectivity index (χ0n) is 15.2. The van der Waals surface area contributed by atoms with Gasteiger partial charge in [0.05, 0.1) is 11.4 Å². The van der Waals surface area contributed by atoms with Crippen molar-refractivity contribution in [2.24, 2.45) is 0 Å². The van der Waals surface area contributed by atoms with Gasteiger partial charge in [-0.2, -0.15) is 4.68 Å². The molecule has 142 valence electrons. The Balaban J connectivity index is 1.63. The van der Waals surface area contributed by atoms with Gasteiger partial charge in [-0.1, -0.05) is 47.6 Å². The maximum atomic E-state index is 12.0. The van der Waals surface area contributed by atoms with Gasteiger partial charge in [0.1, 0.15) is 0 Å². The van der Waals surface area contributed by atoms with Crippen molar-refractivity contribution in [3.63, 3.8) is 0 Å². The number of benzene rings is 2. The van der Waals surface area contributed by atoms with Crippen molar-refractivity contribution in [3.8, 4) is 5.69 Å². The van der Waals surface area contributed by atoms with E-state index < -0.39 is 10.0 Å². The Kier molecular flexibility index (Phi) is 5.82. The van der Waals surface area contributed by atoms with Gasteiger partial charge in [0, 0.05) is 12.6 Å². The van der Waals surface area contributed by atoms with E-state index in [1.54, 1.807) is 18.5 Å². The van der Waals surface area contributed by atoms with Gasteiger partial charge < -0.3 is 5.32 Å². The number of para-hydroxylation sites is 1. The molecule has 0 aliphatic rings. The Morgan fingerprint density at radius 1 is 1.00 bits per heavy atom. The predicted molar refractivity (Wildman–Crippen MR) is 104 cm³/mol. The Morgan fingerprint density at radius 2 is 1.67 bits per heavy atom. The van der Waals surface area contributed by atoms with Crippen LogP contribution in [0, 0.1) is 0 Å². The molecule has 0 bridgehead atoms. The molecular formula is C18H22N6O2S. The number of tetrazole rings is 1. The highest BCUT2D eigenvalue weighted by molar-refractivity contribution is 7.88. The van der Waals surface area contributed by atoms with Crippen molar-refractivity contribution in [3.05, 3.63) is 65.7 Å². The van der Waals surface area contributed by atoms with Gasteiger partial charge in [0.2, 0.25) is 16.0 Å². The molecule has 3 aromatic rings. The molecule has 1 heterocycles. The first-order chi connectivity index (χ1) is 12.9. The number of rotatable bonds is 8. The van der Waals surface area contributed by atoms with E-state index in [1.165, 1.54) is 0 Å². The lowest BCUT2D eigenvalue weighted by atomic mass is 10.1. The molecule has 0 amide bonds. The lowest BCUT2D eigenvalue weighted by Crippen LogP contribution is -2.31. The van der Waals surface area contributed by atoms with Crippen LogP contribution in [0.25, 0.3) is 5.69 Å². The minimum absolute atomic E-state index is 0.0366. The second-order valence-corrected chi connectivity index (χ2v) is 8.21. The van der Waals surface area contributed by atoms with E-state index in [-0.39, 0.29) is 11.8 Å². The molecule has 3 rings (SSSR count). The largest absolute Gasteiger partial charge is 0.349 e. The van der Waals surface area contributed by atoms with Gasteiger partial charge in [-0.15, -0.1) is 0 Å². The highest BCUT2D eigenvalue weighted by atomic mass is 32.2. The fourth-order valence-corrected chi connectivity index (χ4v) is 4.03. The van der Waals surface area contributed by atoms with Crippen LogP contribution in [-0.2, 0) is 22.3 Å². The van der Waals surface area contributed by atoms with Gasteiger partial charge in [-0.05, 0) is 47.5 Å². The molecular weight excluding hydrogens is 364 g/mol. The van der Waals surface area contributed by atoms with Crippen LogP contribution < -0.4 is 10.0 Å². The van der Waals surface area contributed by atoms with Gasteiger partial charge in [0.15, 0.2) is 0 Å². The van der Waals surface area contributed by atoms with Crippen LogP contribution in [0.5, 0.6) is 0 Å². The minimum Gasteiger partial charge on any atom is -0.349 e. The number of hydrogen-bond donors (Lipinski definition) is 2. The standard InChI is InChI=1S/C18H22N6O2S/c1-14(2)21-27(25,26)13-16-10-8-15(9-11-16)12-19-18-20-22-23-24(18)17-6-4-3-5-7-17/h3-11,14,21H,12-13H2,1-2H3,(H,19,20,23). The number of nitrogens with one attached hydrogen (secondary N) is 2. The number of aromatic nitrogens is 4.